The number of nitrogens with one attached hydrogen (secondary N) is 2. The lowest BCUT2D eigenvalue weighted by molar-refractivity contribution is 0.134. The molecular formula is C31H34F3N7O2. The second-order valence-electron chi connectivity index (χ2n) is 10.2. The highest BCUT2D eigenvalue weighted by Crippen LogP contribution is 2.21. The Kier molecular flexibility index (Phi) is 10.2. The fourth-order valence-electron chi connectivity index (χ4n) is 4.93. The highest BCUT2D eigenvalue weighted by molar-refractivity contribution is 6.03. The highest BCUT2D eigenvalue weighted by atomic mass is 19.3. The number of carbonyl (C=O) groups is 1. The summed E-state index contributed by atoms with van der Waals surface area (Å²) in [5.74, 6) is -1.72. The van der Waals surface area contributed by atoms with E-state index in [0.29, 0.717) is 18.8 Å². The van der Waals surface area contributed by atoms with Gasteiger partial charge in [-0.15, -0.1) is 10.2 Å². The molecule has 3 aromatic rings. The van der Waals surface area contributed by atoms with Crippen molar-refractivity contribution in [1.29, 1.82) is 0 Å². The van der Waals surface area contributed by atoms with Crippen LogP contribution in [0.2, 0.25) is 0 Å². The standard InChI is InChI=1S/C31H34F3N7O2/c32-27-21-24(29-36-38-37-30(43-29)28(33)34)11-12-25(27)22-41(26-9-5-2-6-10-26)31(42)35-14-16-40-19-17-39(18-20-40)15-13-23-7-3-1-4-8-23/h1-12,21,28,38H,13-20,22H2,(H,35,42). The zero-order valence-electron chi connectivity index (χ0n) is 23.6. The maximum absolute atomic E-state index is 15.2. The average Bonchev–Trinajstić information content (AvgIpc) is 3.04. The Balaban J connectivity index is 1.14. The van der Waals surface area contributed by atoms with E-state index in [-0.39, 0.29) is 29.6 Å². The fourth-order valence-corrected chi connectivity index (χ4v) is 4.93. The lowest BCUT2D eigenvalue weighted by atomic mass is 10.1. The van der Waals surface area contributed by atoms with Gasteiger partial charge in [-0.05, 0) is 36.2 Å². The molecule has 43 heavy (non-hydrogen) atoms. The Morgan fingerprint density at radius 2 is 1.60 bits per heavy atom. The minimum atomic E-state index is -2.95. The van der Waals surface area contributed by atoms with Gasteiger partial charge in [-0.1, -0.05) is 54.6 Å². The molecule has 2 N–H and O–H groups in total. The van der Waals surface area contributed by atoms with Gasteiger partial charge in [-0.2, -0.15) is 14.3 Å². The Bertz CT molecular complexity index is 1420. The van der Waals surface area contributed by atoms with Crippen LogP contribution in [-0.4, -0.2) is 79.9 Å². The summed E-state index contributed by atoms with van der Waals surface area (Å²) in [5.41, 5.74) is 4.45. The van der Waals surface area contributed by atoms with Gasteiger partial charge in [0, 0.05) is 62.6 Å². The van der Waals surface area contributed by atoms with Gasteiger partial charge in [0.1, 0.15) is 5.82 Å². The van der Waals surface area contributed by atoms with Gasteiger partial charge in [0.25, 0.3) is 5.90 Å². The second kappa shape index (κ2) is 14.7. The van der Waals surface area contributed by atoms with Gasteiger partial charge in [0.15, 0.2) is 0 Å². The maximum Gasteiger partial charge on any atom is 0.322 e. The van der Waals surface area contributed by atoms with Crippen molar-refractivity contribution in [2.75, 3.05) is 50.7 Å². The van der Waals surface area contributed by atoms with E-state index in [1.165, 1.54) is 22.6 Å². The predicted octanol–water partition coefficient (Wildman–Crippen LogP) is 4.26. The normalized spacial score (nSPS) is 15.7. The predicted molar refractivity (Wildman–Crippen MR) is 160 cm³/mol. The Hall–Kier alpha value is -4.42. The molecule has 0 saturated carbocycles. The van der Waals surface area contributed by atoms with Gasteiger partial charge in [-0.25, -0.2) is 9.18 Å². The molecule has 5 rings (SSSR count). The minimum absolute atomic E-state index is 0.0443. The topological polar surface area (TPSA) is 84.8 Å². The summed E-state index contributed by atoms with van der Waals surface area (Å²) in [6.45, 7) is 5.97. The van der Waals surface area contributed by atoms with Crippen LogP contribution < -0.4 is 15.8 Å². The molecule has 0 atom stereocenters. The van der Waals surface area contributed by atoms with Crippen LogP contribution in [0.4, 0.5) is 23.7 Å². The monoisotopic (exact) mass is 593 g/mol. The summed E-state index contributed by atoms with van der Waals surface area (Å²) in [6, 6.07) is 23.2. The molecule has 0 radical (unpaired) electrons. The molecule has 12 heteroatoms. The Morgan fingerprint density at radius 3 is 2.28 bits per heavy atom. The lowest BCUT2D eigenvalue weighted by Gasteiger charge is -2.35. The first kappa shape index (κ1) is 30.1. The van der Waals surface area contributed by atoms with Crippen molar-refractivity contribution in [2.45, 2.75) is 19.4 Å². The van der Waals surface area contributed by atoms with E-state index < -0.39 is 18.1 Å². The van der Waals surface area contributed by atoms with Gasteiger partial charge in [0.2, 0.25) is 5.90 Å². The number of ether oxygens (including phenoxy) is 1. The molecule has 2 aliphatic rings. The first-order valence-electron chi connectivity index (χ1n) is 14.2. The zero-order chi connectivity index (χ0) is 30.0. The van der Waals surface area contributed by atoms with E-state index in [4.69, 9.17) is 4.74 Å². The number of urea groups is 1. The molecule has 0 unspecified atom stereocenters. The van der Waals surface area contributed by atoms with E-state index >= 15 is 4.39 Å². The van der Waals surface area contributed by atoms with E-state index in [2.05, 4.69) is 55.1 Å². The summed E-state index contributed by atoms with van der Waals surface area (Å²) in [7, 11) is 0. The molecule has 0 spiro atoms. The molecular weight excluding hydrogens is 559 g/mol. The summed E-state index contributed by atoms with van der Waals surface area (Å²) in [4.78, 5) is 19.6. The first-order valence-corrected chi connectivity index (χ1v) is 14.2. The molecule has 0 aromatic heterocycles. The van der Waals surface area contributed by atoms with Crippen molar-refractivity contribution >= 4 is 23.5 Å². The minimum Gasteiger partial charge on any atom is -0.415 e. The number of hydrogen-bond donors (Lipinski definition) is 2. The van der Waals surface area contributed by atoms with E-state index in [1.54, 1.807) is 24.3 Å². The number of para-hydroxylation sites is 1. The fraction of sp³-hybridized carbons (Fsp3) is 0.323. The number of alkyl halides is 2. The van der Waals surface area contributed by atoms with Gasteiger partial charge >= 0.3 is 12.5 Å². The zero-order valence-corrected chi connectivity index (χ0v) is 23.6. The number of carbonyl (C=O) groups excluding carboxylic acids is 1. The third-order valence-electron chi connectivity index (χ3n) is 7.37. The number of rotatable bonds is 11. The van der Waals surface area contributed by atoms with Crippen LogP contribution in [0.25, 0.3) is 0 Å². The lowest BCUT2D eigenvalue weighted by Crippen LogP contribution is -2.49. The molecule has 2 amide bonds. The Morgan fingerprint density at radius 1 is 0.930 bits per heavy atom. The number of benzene rings is 3. The van der Waals surface area contributed by atoms with Crippen molar-refractivity contribution < 1.29 is 22.7 Å². The summed E-state index contributed by atoms with van der Waals surface area (Å²) in [6.07, 6.45) is -1.92. The Labute approximate surface area is 248 Å². The third-order valence-corrected chi connectivity index (χ3v) is 7.37. The molecule has 3 aromatic carbocycles. The first-order chi connectivity index (χ1) is 21.0. The van der Waals surface area contributed by atoms with Gasteiger partial charge < -0.3 is 15.0 Å². The maximum atomic E-state index is 15.2. The molecule has 1 fully saturated rings. The number of hydrogen-bond acceptors (Lipinski definition) is 7. The van der Waals surface area contributed by atoms with Gasteiger partial charge in [-0.3, -0.25) is 9.80 Å². The SMILES string of the molecule is O=C(NCCN1CCN(CCc2ccccc2)CC1)N(Cc1ccc(C2=NNN=C(C(F)F)O2)cc1F)c1ccccc1. The molecule has 226 valence electrons. The second-order valence-corrected chi connectivity index (χ2v) is 10.2. The summed E-state index contributed by atoms with van der Waals surface area (Å²) >= 11 is 0. The van der Waals surface area contributed by atoms with E-state index in [9.17, 15) is 13.6 Å². The largest absolute Gasteiger partial charge is 0.415 e. The number of anilines is 1. The number of halogens is 3. The molecule has 9 nitrogen and oxygen atoms in total. The van der Waals surface area contributed by atoms with Crippen molar-refractivity contribution in [3.63, 3.8) is 0 Å². The van der Waals surface area contributed by atoms with Crippen molar-refractivity contribution in [3.05, 3.63) is 101 Å². The average molecular weight is 594 g/mol. The van der Waals surface area contributed by atoms with Crippen LogP contribution in [-0.2, 0) is 17.7 Å². The van der Waals surface area contributed by atoms with E-state index in [1.807, 2.05) is 12.1 Å². The molecule has 2 aliphatic heterocycles. The third kappa shape index (κ3) is 8.33. The molecule has 1 saturated heterocycles. The van der Waals surface area contributed by atoms with Crippen LogP contribution >= 0.6 is 0 Å². The highest BCUT2D eigenvalue weighted by Gasteiger charge is 2.24. The smallest absolute Gasteiger partial charge is 0.322 e. The van der Waals surface area contributed by atoms with Crippen molar-refractivity contribution in [1.82, 2.24) is 20.7 Å². The van der Waals surface area contributed by atoms with Crippen LogP contribution in [0.5, 0.6) is 0 Å². The number of nitrogens with zero attached hydrogens (tertiary/aromatic N) is 5. The number of amides is 2. The summed E-state index contributed by atoms with van der Waals surface area (Å²) in [5, 5.41) is 9.97. The van der Waals surface area contributed by atoms with Crippen LogP contribution in [0.15, 0.2) is 89.1 Å². The molecule has 2 heterocycles. The van der Waals surface area contributed by atoms with E-state index in [0.717, 1.165) is 45.2 Å². The van der Waals surface area contributed by atoms with Crippen LogP contribution in [0.3, 0.4) is 0 Å². The van der Waals surface area contributed by atoms with Crippen LogP contribution in [0.1, 0.15) is 16.7 Å². The quantitative estimate of drug-likeness (QED) is 0.347. The molecule has 0 aliphatic carbocycles. The van der Waals surface area contributed by atoms with Crippen LogP contribution in [0, 0.1) is 5.82 Å². The van der Waals surface area contributed by atoms with Gasteiger partial charge in [0.05, 0.1) is 6.54 Å². The number of piperazine rings is 1. The van der Waals surface area contributed by atoms with Crippen molar-refractivity contribution in [2.24, 2.45) is 10.2 Å². The number of hydrazone groups is 2. The molecule has 0 bridgehead atoms. The summed E-state index contributed by atoms with van der Waals surface area (Å²) < 4.78 is 46.1. The van der Waals surface area contributed by atoms with Crippen molar-refractivity contribution in [3.8, 4) is 0 Å².